The van der Waals surface area contributed by atoms with Gasteiger partial charge in [0.05, 0.1) is 0 Å². The van der Waals surface area contributed by atoms with Crippen LogP contribution in [0.15, 0.2) is 16.6 Å². The highest BCUT2D eigenvalue weighted by atomic mass is 16.1. The molecule has 0 heterocycles. The second-order valence-electron chi connectivity index (χ2n) is 2.53. The Hall–Kier alpha value is -0.920. The van der Waals surface area contributed by atoms with Crippen molar-refractivity contribution in [2.75, 3.05) is 0 Å². The van der Waals surface area contributed by atoms with Gasteiger partial charge in [-0.2, -0.15) is 0 Å². The molecule has 0 saturated carbocycles. The number of nitrogens with zero attached hydrogens (tertiary/aromatic N) is 1. The minimum atomic E-state index is -0.102. The van der Waals surface area contributed by atoms with Crippen molar-refractivity contribution < 1.29 is 4.79 Å². The molecule has 0 atom stereocenters. The molecule has 2 heteroatoms. The minimum Gasteiger partial charge on any atom is -0.267 e. The van der Waals surface area contributed by atoms with E-state index in [1.54, 1.807) is 0 Å². The fourth-order valence-electron chi connectivity index (χ4n) is 0.754. The standard InChI is InChI=1S/C9H15NO/c1-5-8(6-2)9(11)10-7(3)4/h5H,6H2,1-4H3/b8-5-. The number of aliphatic imine (C=N–C) groups is 1. The van der Waals surface area contributed by atoms with Gasteiger partial charge in [-0.25, -0.2) is 4.99 Å². The summed E-state index contributed by atoms with van der Waals surface area (Å²) in [5.41, 5.74) is 1.59. The highest BCUT2D eigenvalue weighted by Crippen LogP contribution is 2.02. The van der Waals surface area contributed by atoms with Crippen molar-refractivity contribution in [2.24, 2.45) is 4.99 Å². The quantitative estimate of drug-likeness (QED) is 0.442. The van der Waals surface area contributed by atoms with Crippen molar-refractivity contribution in [1.82, 2.24) is 0 Å². The lowest BCUT2D eigenvalue weighted by Crippen LogP contribution is -1.99. The molecule has 62 valence electrons. The van der Waals surface area contributed by atoms with Crippen molar-refractivity contribution in [1.29, 1.82) is 0 Å². The van der Waals surface area contributed by atoms with E-state index in [9.17, 15) is 4.79 Å². The molecule has 0 saturated heterocycles. The van der Waals surface area contributed by atoms with Crippen molar-refractivity contribution in [2.45, 2.75) is 34.1 Å². The zero-order chi connectivity index (χ0) is 8.85. The molecule has 11 heavy (non-hydrogen) atoms. The van der Waals surface area contributed by atoms with E-state index in [1.165, 1.54) is 0 Å². The molecule has 0 aliphatic carbocycles. The first kappa shape index (κ1) is 10.1. The lowest BCUT2D eigenvalue weighted by Gasteiger charge is -1.96. The van der Waals surface area contributed by atoms with E-state index in [0.717, 1.165) is 17.7 Å². The van der Waals surface area contributed by atoms with Crippen molar-refractivity contribution in [3.8, 4) is 0 Å². The molecule has 0 aromatic rings. The first-order chi connectivity index (χ1) is 5.11. The molecule has 0 fully saturated rings. The maximum absolute atomic E-state index is 11.2. The average molecular weight is 153 g/mol. The number of allylic oxidation sites excluding steroid dienone is 1. The summed E-state index contributed by atoms with van der Waals surface area (Å²) < 4.78 is 0. The van der Waals surface area contributed by atoms with Crippen LogP contribution in [0.25, 0.3) is 0 Å². The van der Waals surface area contributed by atoms with Gasteiger partial charge in [0.15, 0.2) is 0 Å². The molecular formula is C9H15NO. The molecule has 0 N–H and O–H groups in total. The molecule has 0 bridgehead atoms. The summed E-state index contributed by atoms with van der Waals surface area (Å²) in [7, 11) is 0. The van der Waals surface area contributed by atoms with Gasteiger partial charge in [-0.15, -0.1) is 0 Å². The Morgan fingerprint density at radius 3 is 2.27 bits per heavy atom. The molecule has 0 rings (SSSR count). The third-order valence-electron chi connectivity index (χ3n) is 1.33. The third kappa shape index (κ3) is 3.71. The summed E-state index contributed by atoms with van der Waals surface area (Å²) in [5.74, 6) is -0.102. The van der Waals surface area contributed by atoms with Crippen LogP contribution in [-0.4, -0.2) is 11.6 Å². The van der Waals surface area contributed by atoms with E-state index in [4.69, 9.17) is 0 Å². The van der Waals surface area contributed by atoms with Gasteiger partial charge in [0.25, 0.3) is 5.91 Å². The molecular weight excluding hydrogens is 138 g/mol. The number of carbonyl (C=O) groups is 1. The molecule has 0 radical (unpaired) electrons. The summed E-state index contributed by atoms with van der Waals surface area (Å²) in [4.78, 5) is 15.0. The topological polar surface area (TPSA) is 29.4 Å². The van der Waals surface area contributed by atoms with E-state index in [2.05, 4.69) is 4.99 Å². The van der Waals surface area contributed by atoms with Gasteiger partial charge < -0.3 is 0 Å². The molecule has 0 aromatic heterocycles. The minimum absolute atomic E-state index is 0.102. The SMILES string of the molecule is C/C=C(/CC)C(=O)N=C(C)C. The van der Waals surface area contributed by atoms with E-state index >= 15 is 0 Å². The molecule has 0 unspecified atom stereocenters. The van der Waals surface area contributed by atoms with E-state index < -0.39 is 0 Å². The Labute approximate surface area is 68.0 Å². The fraction of sp³-hybridized carbons (Fsp3) is 0.556. The first-order valence-corrected chi connectivity index (χ1v) is 3.83. The van der Waals surface area contributed by atoms with Gasteiger partial charge in [-0.1, -0.05) is 13.0 Å². The summed E-state index contributed by atoms with van der Waals surface area (Å²) in [6.45, 7) is 7.45. The first-order valence-electron chi connectivity index (χ1n) is 3.83. The zero-order valence-electron chi connectivity index (χ0n) is 7.64. The highest BCUT2D eigenvalue weighted by molar-refractivity contribution is 6.01. The molecule has 1 amide bonds. The van der Waals surface area contributed by atoms with Gasteiger partial charge in [0.2, 0.25) is 0 Å². The molecule has 0 aromatic carbocycles. The number of hydrogen-bond acceptors (Lipinski definition) is 1. The van der Waals surface area contributed by atoms with Crippen molar-refractivity contribution >= 4 is 11.6 Å². The van der Waals surface area contributed by atoms with Crippen LogP contribution < -0.4 is 0 Å². The lowest BCUT2D eigenvalue weighted by atomic mass is 10.2. The number of amides is 1. The normalized spacial score (nSPS) is 11.1. The van der Waals surface area contributed by atoms with Gasteiger partial charge in [0, 0.05) is 11.3 Å². The monoisotopic (exact) mass is 153 g/mol. The Kier molecular flexibility index (Phi) is 4.42. The summed E-state index contributed by atoms with van der Waals surface area (Å²) >= 11 is 0. The Morgan fingerprint density at radius 2 is 2.00 bits per heavy atom. The maximum Gasteiger partial charge on any atom is 0.272 e. The Morgan fingerprint density at radius 1 is 1.45 bits per heavy atom. The van der Waals surface area contributed by atoms with Crippen LogP contribution in [0, 0.1) is 0 Å². The second-order valence-corrected chi connectivity index (χ2v) is 2.53. The predicted octanol–water partition coefficient (Wildman–Crippen LogP) is 2.35. The van der Waals surface area contributed by atoms with Gasteiger partial charge in [-0.05, 0) is 27.2 Å². The lowest BCUT2D eigenvalue weighted by molar-refractivity contribution is -0.114. The van der Waals surface area contributed by atoms with Crippen LogP contribution in [-0.2, 0) is 4.79 Å². The Balaban J connectivity index is 4.37. The smallest absolute Gasteiger partial charge is 0.267 e. The molecule has 0 spiro atoms. The summed E-state index contributed by atoms with van der Waals surface area (Å²) in [6, 6.07) is 0. The van der Waals surface area contributed by atoms with Gasteiger partial charge >= 0.3 is 0 Å². The predicted molar refractivity (Wildman–Crippen MR) is 47.8 cm³/mol. The van der Waals surface area contributed by atoms with Crippen molar-refractivity contribution in [3.05, 3.63) is 11.6 Å². The fourth-order valence-corrected chi connectivity index (χ4v) is 0.754. The molecule has 0 aliphatic heterocycles. The summed E-state index contributed by atoms with van der Waals surface area (Å²) in [5, 5.41) is 0. The van der Waals surface area contributed by atoms with Crippen LogP contribution in [0.4, 0.5) is 0 Å². The van der Waals surface area contributed by atoms with Gasteiger partial charge in [0.1, 0.15) is 0 Å². The third-order valence-corrected chi connectivity index (χ3v) is 1.33. The Bertz CT molecular complexity index is 198. The van der Waals surface area contributed by atoms with Crippen LogP contribution in [0.3, 0.4) is 0 Å². The maximum atomic E-state index is 11.2. The van der Waals surface area contributed by atoms with Crippen molar-refractivity contribution in [3.63, 3.8) is 0 Å². The molecule has 0 aliphatic rings. The highest BCUT2D eigenvalue weighted by Gasteiger charge is 2.02. The van der Waals surface area contributed by atoms with E-state index in [1.807, 2.05) is 33.8 Å². The average Bonchev–Trinajstić information content (AvgIpc) is 1.88. The number of carbonyl (C=O) groups excluding carboxylic acids is 1. The zero-order valence-corrected chi connectivity index (χ0v) is 7.64. The van der Waals surface area contributed by atoms with E-state index in [-0.39, 0.29) is 5.91 Å². The van der Waals surface area contributed by atoms with E-state index in [0.29, 0.717) is 0 Å². The number of hydrogen-bond donors (Lipinski definition) is 0. The number of rotatable bonds is 2. The molecule has 2 nitrogen and oxygen atoms in total. The van der Waals surface area contributed by atoms with Crippen LogP contribution in [0.1, 0.15) is 34.1 Å². The van der Waals surface area contributed by atoms with Gasteiger partial charge in [-0.3, -0.25) is 4.79 Å². The second kappa shape index (κ2) is 4.83. The van der Waals surface area contributed by atoms with Crippen LogP contribution in [0.5, 0.6) is 0 Å². The largest absolute Gasteiger partial charge is 0.272 e. The van der Waals surface area contributed by atoms with Crippen LogP contribution in [0.2, 0.25) is 0 Å². The summed E-state index contributed by atoms with van der Waals surface area (Å²) in [6.07, 6.45) is 2.57. The van der Waals surface area contributed by atoms with Crippen LogP contribution >= 0.6 is 0 Å².